The van der Waals surface area contributed by atoms with Gasteiger partial charge in [-0.15, -0.1) is 0 Å². The predicted octanol–water partition coefficient (Wildman–Crippen LogP) is 3.67. The monoisotopic (exact) mass is 450 g/mol. The number of nitrogens with one attached hydrogen (secondary N) is 1. The van der Waals surface area contributed by atoms with E-state index in [1.807, 2.05) is 30.0 Å². The lowest BCUT2D eigenvalue weighted by Gasteiger charge is -2.31. The number of anilines is 1. The molecule has 1 atom stereocenters. The van der Waals surface area contributed by atoms with Crippen LogP contribution in [0.2, 0.25) is 0 Å². The lowest BCUT2D eigenvalue weighted by molar-refractivity contribution is -0.151. The Balaban J connectivity index is 1.49. The summed E-state index contributed by atoms with van der Waals surface area (Å²) in [6.45, 7) is 2.08. The van der Waals surface area contributed by atoms with Crippen molar-refractivity contribution in [3.05, 3.63) is 28.2 Å². The average Bonchev–Trinajstić information content (AvgIpc) is 3.10. The molecule has 1 aromatic carbocycles. The van der Waals surface area contributed by atoms with Crippen LogP contribution < -0.4 is 5.32 Å². The van der Waals surface area contributed by atoms with Crippen molar-refractivity contribution >= 4 is 39.4 Å². The molecule has 1 aliphatic heterocycles. The number of halogens is 1. The van der Waals surface area contributed by atoms with E-state index in [1.165, 1.54) is 6.42 Å². The first-order chi connectivity index (χ1) is 13.5. The van der Waals surface area contributed by atoms with Crippen LogP contribution in [0.1, 0.15) is 51.0 Å². The van der Waals surface area contributed by atoms with E-state index in [1.54, 1.807) is 0 Å². The maximum absolute atomic E-state index is 12.4. The molecule has 3 rings (SSSR count). The number of rotatable bonds is 6. The molecule has 1 aromatic rings. The number of amides is 2. The molecular formula is C21H27BrN2O4. The summed E-state index contributed by atoms with van der Waals surface area (Å²) in [5.41, 5.74) is 1.71. The standard InChI is InChI=1S/C21H27BrN2O4/c1-2-14-10-16(22)8-9-18(14)23-19(25)13-28-21(27)15-11-20(26)24(12-15)17-6-4-3-5-7-17/h8-10,15,17H,2-7,11-13H2,1H3,(H,23,25)/t15-/m0/s1. The van der Waals surface area contributed by atoms with Gasteiger partial charge in [-0.3, -0.25) is 14.4 Å². The fourth-order valence-electron chi connectivity index (χ4n) is 4.05. The molecule has 152 valence electrons. The normalized spacial score (nSPS) is 20.3. The van der Waals surface area contributed by atoms with E-state index >= 15 is 0 Å². The maximum atomic E-state index is 12.4. The van der Waals surface area contributed by atoms with E-state index in [9.17, 15) is 14.4 Å². The average molecular weight is 451 g/mol. The van der Waals surface area contributed by atoms with E-state index in [0.29, 0.717) is 12.2 Å². The van der Waals surface area contributed by atoms with Crippen LogP contribution in [0.25, 0.3) is 0 Å². The summed E-state index contributed by atoms with van der Waals surface area (Å²) < 4.78 is 6.15. The fourth-order valence-corrected chi connectivity index (χ4v) is 4.46. The van der Waals surface area contributed by atoms with Crippen molar-refractivity contribution in [1.82, 2.24) is 4.90 Å². The summed E-state index contributed by atoms with van der Waals surface area (Å²) >= 11 is 3.42. The van der Waals surface area contributed by atoms with Gasteiger partial charge in [-0.25, -0.2) is 0 Å². The molecule has 0 spiro atoms. The predicted molar refractivity (Wildman–Crippen MR) is 110 cm³/mol. The highest BCUT2D eigenvalue weighted by Crippen LogP contribution is 2.29. The Morgan fingerprint density at radius 2 is 2.00 bits per heavy atom. The molecule has 7 heteroatoms. The molecule has 2 amide bonds. The molecule has 1 saturated heterocycles. The van der Waals surface area contributed by atoms with Crippen molar-refractivity contribution in [2.24, 2.45) is 5.92 Å². The number of hydrogen-bond donors (Lipinski definition) is 1. The van der Waals surface area contributed by atoms with Crippen molar-refractivity contribution in [2.75, 3.05) is 18.5 Å². The highest BCUT2D eigenvalue weighted by molar-refractivity contribution is 9.10. The summed E-state index contributed by atoms with van der Waals surface area (Å²) in [7, 11) is 0. The topological polar surface area (TPSA) is 75.7 Å². The van der Waals surface area contributed by atoms with Crippen molar-refractivity contribution in [3.63, 3.8) is 0 Å². The number of benzene rings is 1. The van der Waals surface area contributed by atoms with E-state index < -0.39 is 11.9 Å². The molecule has 28 heavy (non-hydrogen) atoms. The number of carbonyl (C=O) groups excluding carboxylic acids is 3. The largest absolute Gasteiger partial charge is 0.455 e. The van der Waals surface area contributed by atoms with Crippen LogP contribution >= 0.6 is 15.9 Å². The van der Waals surface area contributed by atoms with E-state index in [0.717, 1.165) is 42.1 Å². The summed E-state index contributed by atoms with van der Waals surface area (Å²) in [6.07, 6.45) is 6.49. The maximum Gasteiger partial charge on any atom is 0.311 e. The van der Waals surface area contributed by atoms with Crippen LogP contribution in [0.3, 0.4) is 0 Å². The number of esters is 1. The Morgan fingerprint density at radius 1 is 1.25 bits per heavy atom. The van der Waals surface area contributed by atoms with Crippen molar-refractivity contribution < 1.29 is 19.1 Å². The molecule has 1 saturated carbocycles. The zero-order chi connectivity index (χ0) is 20.1. The van der Waals surface area contributed by atoms with Crippen LogP contribution in [0, 0.1) is 5.92 Å². The van der Waals surface area contributed by atoms with Gasteiger partial charge in [-0.1, -0.05) is 42.1 Å². The van der Waals surface area contributed by atoms with Crippen molar-refractivity contribution in [3.8, 4) is 0 Å². The SMILES string of the molecule is CCc1cc(Br)ccc1NC(=O)COC(=O)[C@H]1CC(=O)N(C2CCCCC2)C1. The van der Waals surface area contributed by atoms with Gasteiger partial charge in [0, 0.05) is 29.2 Å². The number of ether oxygens (including phenoxy) is 1. The third kappa shape index (κ3) is 5.13. The Kier molecular flexibility index (Phi) is 7.10. The first-order valence-corrected chi connectivity index (χ1v) is 10.8. The third-order valence-corrected chi connectivity index (χ3v) is 6.07. The second kappa shape index (κ2) is 9.54. The molecule has 6 nitrogen and oxygen atoms in total. The second-order valence-electron chi connectivity index (χ2n) is 7.55. The minimum Gasteiger partial charge on any atom is -0.455 e. The minimum absolute atomic E-state index is 0.0285. The molecule has 0 bridgehead atoms. The van der Waals surface area contributed by atoms with Crippen LogP contribution in [-0.2, 0) is 25.5 Å². The fraction of sp³-hybridized carbons (Fsp3) is 0.571. The van der Waals surface area contributed by atoms with E-state index in [-0.39, 0.29) is 30.9 Å². The number of nitrogens with zero attached hydrogens (tertiary/aromatic N) is 1. The molecule has 0 aromatic heterocycles. The Hall–Kier alpha value is -1.89. The quantitative estimate of drug-likeness (QED) is 0.670. The van der Waals surface area contributed by atoms with Gasteiger partial charge in [0.05, 0.1) is 5.92 Å². The molecule has 1 N–H and O–H groups in total. The number of likely N-dealkylation sites (tertiary alicyclic amines) is 1. The van der Waals surface area contributed by atoms with Crippen LogP contribution in [0.15, 0.2) is 22.7 Å². The van der Waals surface area contributed by atoms with Gasteiger partial charge in [-0.2, -0.15) is 0 Å². The zero-order valence-corrected chi connectivity index (χ0v) is 17.8. The van der Waals surface area contributed by atoms with Crippen molar-refractivity contribution in [2.45, 2.75) is 57.9 Å². The molecule has 2 aliphatic rings. The molecule has 2 fully saturated rings. The highest BCUT2D eigenvalue weighted by Gasteiger charge is 2.39. The second-order valence-corrected chi connectivity index (χ2v) is 8.47. The van der Waals surface area contributed by atoms with Gasteiger partial charge in [0.25, 0.3) is 5.91 Å². The van der Waals surface area contributed by atoms with E-state index in [2.05, 4.69) is 21.2 Å². The van der Waals surface area contributed by atoms with Gasteiger partial charge in [0.1, 0.15) is 0 Å². The van der Waals surface area contributed by atoms with Gasteiger partial charge < -0.3 is 15.0 Å². The third-order valence-electron chi connectivity index (χ3n) is 5.58. The van der Waals surface area contributed by atoms with Gasteiger partial charge in [0.15, 0.2) is 6.61 Å². The molecule has 0 unspecified atom stereocenters. The van der Waals surface area contributed by atoms with Gasteiger partial charge in [-0.05, 0) is 43.0 Å². The lowest BCUT2D eigenvalue weighted by atomic mass is 9.94. The summed E-state index contributed by atoms with van der Waals surface area (Å²) in [6, 6.07) is 5.88. The summed E-state index contributed by atoms with van der Waals surface area (Å²) in [5, 5.41) is 2.79. The summed E-state index contributed by atoms with van der Waals surface area (Å²) in [5.74, 6) is -1.28. The first-order valence-electron chi connectivity index (χ1n) is 10.0. The van der Waals surface area contributed by atoms with E-state index in [4.69, 9.17) is 4.74 Å². The Bertz CT molecular complexity index is 746. The first kappa shape index (κ1) is 20.8. The van der Waals surface area contributed by atoms with Crippen LogP contribution in [0.5, 0.6) is 0 Å². The number of carbonyl (C=O) groups is 3. The number of aryl methyl sites for hydroxylation is 1. The number of hydrogen-bond acceptors (Lipinski definition) is 4. The smallest absolute Gasteiger partial charge is 0.311 e. The lowest BCUT2D eigenvalue weighted by Crippen LogP contribution is -2.38. The van der Waals surface area contributed by atoms with Gasteiger partial charge in [0.2, 0.25) is 5.91 Å². The van der Waals surface area contributed by atoms with Crippen molar-refractivity contribution in [1.29, 1.82) is 0 Å². The molecule has 1 aliphatic carbocycles. The zero-order valence-electron chi connectivity index (χ0n) is 16.2. The highest BCUT2D eigenvalue weighted by atomic mass is 79.9. The van der Waals surface area contributed by atoms with Crippen LogP contribution in [-0.4, -0.2) is 41.9 Å². The molecule has 0 radical (unpaired) electrons. The van der Waals surface area contributed by atoms with Crippen LogP contribution in [0.4, 0.5) is 5.69 Å². The van der Waals surface area contributed by atoms with Gasteiger partial charge >= 0.3 is 5.97 Å². The summed E-state index contributed by atoms with van der Waals surface area (Å²) in [4.78, 5) is 38.7. The molecular weight excluding hydrogens is 424 g/mol. The minimum atomic E-state index is -0.471. The molecule has 1 heterocycles. The Labute approximate surface area is 174 Å². The Morgan fingerprint density at radius 3 is 2.71 bits per heavy atom.